The van der Waals surface area contributed by atoms with E-state index in [1.165, 1.54) is 29.5 Å². The fourth-order valence-corrected chi connectivity index (χ4v) is 2.90. The van der Waals surface area contributed by atoms with Crippen molar-refractivity contribution in [1.29, 1.82) is 0 Å². The van der Waals surface area contributed by atoms with Crippen molar-refractivity contribution < 1.29 is 0 Å². The zero-order valence-corrected chi connectivity index (χ0v) is 16.9. The summed E-state index contributed by atoms with van der Waals surface area (Å²) in [5.41, 5.74) is 4.26. The van der Waals surface area contributed by atoms with Crippen LogP contribution in [0.2, 0.25) is 0 Å². The summed E-state index contributed by atoms with van der Waals surface area (Å²) in [6.45, 7) is 8.41. The fourth-order valence-electron chi connectivity index (χ4n) is 2.90. The normalized spacial score (nSPS) is 9.58. The van der Waals surface area contributed by atoms with Crippen LogP contribution in [0, 0.1) is 0 Å². The Bertz CT molecular complexity index is 617. The molecule has 0 aliphatic carbocycles. The van der Waals surface area contributed by atoms with Gasteiger partial charge >= 0.3 is 0 Å². The molecule has 0 aliphatic heterocycles. The van der Waals surface area contributed by atoms with Crippen molar-refractivity contribution in [2.75, 3.05) is 0 Å². The van der Waals surface area contributed by atoms with Crippen LogP contribution in [0.15, 0.2) is 91.0 Å². The number of aryl methyl sites for hydroxylation is 1. The van der Waals surface area contributed by atoms with E-state index < -0.39 is 0 Å². The minimum atomic E-state index is 0.549. The first-order valence-electron chi connectivity index (χ1n) is 9.99. The molecule has 0 aromatic heterocycles. The monoisotopic (exact) mass is 346 g/mol. The largest absolute Gasteiger partial charge is 0.0683 e. The second-order valence-electron chi connectivity index (χ2n) is 6.00. The van der Waals surface area contributed by atoms with Gasteiger partial charge < -0.3 is 0 Å². The van der Waals surface area contributed by atoms with Crippen molar-refractivity contribution in [3.8, 4) is 0 Å². The van der Waals surface area contributed by atoms with Crippen molar-refractivity contribution >= 4 is 0 Å². The van der Waals surface area contributed by atoms with Gasteiger partial charge in [-0.2, -0.15) is 0 Å². The molecule has 0 radical (unpaired) electrons. The Morgan fingerprint density at radius 2 is 0.962 bits per heavy atom. The van der Waals surface area contributed by atoms with Crippen molar-refractivity contribution in [3.63, 3.8) is 0 Å². The first kappa shape index (κ1) is 21.7. The van der Waals surface area contributed by atoms with Crippen LogP contribution in [-0.4, -0.2) is 0 Å². The second-order valence-corrected chi connectivity index (χ2v) is 6.00. The van der Waals surface area contributed by atoms with E-state index in [-0.39, 0.29) is 0 Å². The summed E-state index contributed by atoms with van der Waals surface area (Å²) in [5, 5.41) is 0. The molecule has 3 rings (SSSR count). The molecule has 0 saturated carbocycles. The van der Waals surface area contributed by atoms with E-state index >= 15 is 0 Å². The maximum Gasteiger partial charge on any atom is 0.00892 e. The summed E-state index contributed by atoms with van der Waals surface area (Å²) in [5.74, 6) is 0.549. The molecule has 0 saturated heterocycles. The Morgan fingerprint density at radius 3 is 1.27 bits per heavy atom. The lowest BCUT2D eigenvalue weighted by atomic mass is 9.88. The molecule has 138 valence electrons. The topological polar surface area (TPSA) is 0 Å². The van der Waals surface area contributed by atoms with Crippen LogP contribution < -0.4 is 0 Å². The van der Waals surface area contributed by atoms with Crippen LogP contribution in [0.3, 0.4) is 0 Å². The minimum absolute atomic E-state index is 0.549. The highest BCUT2D eigenvalue weighted by atomic mass is 14.2. The van der Waals surface area contributed by atoms with Gasteiger partial charge in [-0.1, -0.05) is 125 Å². The van der Waals surface area contributed by atoms with Crippen LogP contribution in [0.5, 0.6) is 0 Å². The number of rotatable bonds is 5. The number of benzene rings is 3. The van der Waals surface area contributed by atoms with E-state index in [0.717, 1.165) is 6.42 Å². The van der Waals surface area contributed by atoms with Gasteiger partial charge in [0.05, 0.1) is 0 Å². The van der Waals surface area contributed by atoms with E-state index in [0.29, 0.717) is 5.92 Å². The van der Waals surface area contributed by atoms with Crippen LogP contribution in [0.1, 0.15) is 63.1 Å². The summed E-state index contributed by atoms with van der Waals surface area (Å²) in [6.07, 6.45) is 3.57. The van der Waals surface area contributed by atoms with E-state index in [2.05, 4.69) is 98.8 Å². The summed E-state index contributed by atoms with van der Waals surface area (Å²) < 4.78 is 0. The third-order valence-electron chi connectivity index (χ3n) is 4.23. The quantitative estimate of drug-likeness (QED) is 0.440. The van der Waals surface area contributed by atoms with Crippen molar-refractivity contribution in [2.45, 2.75) is 52.9 Å². The van der Waals surface area contributed by atoms with Gasteiger partial charge in [0, 0.05) is 5.92 Å². The lowest BCUT2D eigenvalue weighted by molar-refractivity contribution is 0.698. The van der Waals surface area contributed by atoms with Crippen LogP contribution in [-0.2, 0) is 6.42 Å². The summed E-state index contributed by atoms with van der Waals surface area (Å²) in [6, 6.07) is 32.0. The molecule has 0 heteroatoms. The molecule has 0 spiro atoms. The Hall–Kier alpha value is -2.34. The molecule has 0 amide bonds. The smallest absolute Gasteiger partial charge is 0.00892 e. The van der Waals surface area contributed by atoms with Crippen LogP contribution >= 0.6 is 0 Å². The predicted molar refractivity (Wildman–Crippen MR) is 117 cm³/mol. The van der Waals surface area contributed by atoms with Gasteiger partial charge in [-0.15, -0.1) is 0 Å². The first-order chi connectivity index (χ1) is 12.8. The molecule has 0 unspecified atom stereocenters. The molecule has 3 aromatic carbocycles. The van der Waals surface area contributed by atoms with Gasteiger partial charge in [0.1, 0.15) is 0 Å². The fraction of sp³-hybridized carbons (Fsp3) is 0.308. The Balaban J connectivity index is 0.000000284. The lowest BCUT2D eigenvalue weighted by Gasteiger charge is -2.17. The highest BCUT2D eigenvalue weighted by Crippen LogP contribution is 2.28. The summed E-state index contributed by atoms with van der Waals surface area (Å²) in [7, 11) is 0. The predicted octanol–water partition coefficient (Wildman–Crippen LogP) is 7.89. The van der Waals surface area contributed by atoms with Gasteiger partial charge in [0.15, 0.2) is 0 Å². The molecule has 0 heterocycles. The van der Waals surface area contributed by atoms with E-state index in [1.54, 1.807) is 0 Å². The molecule has 26 heavy (non-hydrogen) atoms. The number of hydrogen-bond donors (Lipinski definition) is 0. The third kappa shape index (κ3) is 7.70. The summed E-state index contributed by atoms with van der Waals surface area (Å²) in [4.78, 5) is 0. The molecule has 0 aliphatic rings. The minimum Gasteiger partial charge on any atom is -0.0683 e. The molecule has 0 fully saturated rings. The van der Waals surface area contributed by atoms with E-state index in [4.69, 9.17) is 0 Å². The van der Waals surface area contributed by atoms with E-state index in [1.807, 2.05) is 19.9 Å². The van der Waals surface area contributed by atoms with Gasteiger partial charge in [-0.25, -0.2) is 0 Å². The molecule has 3 aromatic rings. The van der Waals surface area contributed by atoms with Crippen molar-refractivity contribution in [3.05, 3.63) is 108 Å². The SMILES string of the molecule is CC.CCCC(c1ccccc1)c1ccccc1.CCc1ccccc1. The van der Waals surface area contributed by atoms with Crippen molar-refractivity contribution in [2.24, 2.45) is 0 Å². The zero-order chi connectivity index (χ0) is 19.0. The molecule has 0 nitrogen and oxygen atoms in total. The Labute approximate surface area is 160 Å². The molecule has 0 N–H and O–H groups in total. The zero-order valence-electron chi connectivity index (χ0n) is 16.9. The molecular formula is C26H34. The standard InChI is InChI=1S/C16H18.C8H10.C2H6/c1-2-9-16(14-10-5-3-6-11-14)15-12-7-4-8-13-15;1-2-8-6-4-3-5-7-8;1-2/h3-8,10-13,16H,2,9H2,1H3;3-7H,2H2,1H3;1-2H3. The Kier molecular flexibility index (Phi) is 11.6. The number of hydrogen-bond acceptors (Lipinski definition) is 0. The molecular weight excluding hydrogens is 312 g/mol. The van der Waals surface area contributed by atoms with Gasteiger partial charge in [0.2, 0.25) is 0 Å². The molecule has 0 atom stereocenters. The van der Waals surface area contributed by atoms with Gasteiger partial charge in [0.25, 0.3) is 0 Å². The molecule has 0 bridgehead atoms. The maximum absolute atomic E-state index is 2.25. The average Bonchev–Trinajstić information content (AvgIpc) is 2.76. The van der Waals surface area contributed by atoms with Crippen molar-refractivity contribution in [1.82, 2.24) is 0 Å². The van der Waals surface area contributed by atoms with E-state index in [9.17, 15) is 0 Å². The lowest BCUT2D eigenvalue weighted by Crippen LogP contribution is -2.00. The maximum atomic E-state index is 2.25. The third-order valence-corrected chi connectivity index (χ3v) is 4.23. The van der Waals surface area contributed by atoms with Gasteiger partial charge in [-0.3, -0.25) is 0 Å². The van der Waals surface area contributed by atoms with Crippen LogP contribution in [0.4, 0.5) is 0 Å². The highest BCUT2D eigenvalue weighted by molar-refractivity contribution is 5.32. The van der Waals surface area contributed by atoms with Gasteiger partial charge in [-0.05, 0) is 29.5 Å². The Morgan fingerprint density at radius 1 is 0.577 bits per heavy atom. The highest BCUT2D eigenvalue weighted by Gasteiger charge is 2.11. The van der Waals surface area contributed by atoms with Crippen LogP contribution in [0.25, 0.3) is 0 Å². The average molecular weight is 347 g/mol. The first-order valence-corrected chi connectivity index (χ1v) is 9.99. The second kappa shape index (κ2) is 13.9. The summed E-state index contributed by atoms with van der Waals surface area (Å²) >= 11 is 0.